The number of hydrogen-bond acceptors (Lipinski definition) is 5. The van der Waals surface area contributed by atoms with Crippen LogP contribution >= 0.6 is 0 Å². The molecule has 0 aromatic carbocycles. The van der Waals surface area contributed by atoms with E-state index in [0.717, 1.165) is 0 Å². The zero-order chi connectivity index (χ0) is 9.30. The van der Waals surface area contributed by atoms with Gasteiger partial charge < -0.3 is 14.6 Å². The lowest BCUT2D eigenvalue weighted by Crippen LogP contribution is -2.30. The first kappa shape index (κ1) is 8.51. The third-order valence-electron chi connectivity index (χ3n) is 1.48. The van der Waals surface area contributed by atoms with Crippen LogP contribution in [-0.2, 0) is 19.1 Å². The van der Waals surface area contributed by atoms with Crippen molar-refractivity contribution >= 4 is 18.1 Å². The fourth-order valence-corrected chi connectivity index (χ4v) is 0.752. The van der Waals surface area contributed by atoms with E-state index in [-0.39, 0.29) is 0 Å². The third kappa shape index (κ3) is 1.36. The molecule has 1 rings (SSSR count). The van der Waals surface area contributed by atoms with E-state index in [1.165, 1.54) is 6.92 Å². The lowest BCUT2D eigenvalue weighted by atomic mass is 10.1. The monoisotopic (exact) mass is 174 g/mol. The van der Waals surface area contributed by atoms with Gasteiger partial charge in [0.25, 0.3) is 0 Å². The Hall–Kier alpha value is -1.59. The maximum atomic E-state index is 10.7. The first-order valence-corrected chi connectivity index (χ1v) is 3.17. The van der Waals surface area contributed by atoms with Crippen molar-refractivity contribution in [2.24, 2.45) is 5.92 Å². The first-order valence-electron chi connectivity index (χ1n) is 3.17. The minimum Gasteiger partial charge on any atom is -0.481 e. The summed E-state index contributed by atoms with van der Waals surface area (Å²) in [5, 5.41) is 8.45. The Labute approximate surface area is 67.1 Å². The molecule has 0 aromatic heterocycles. The average molecular weight is 174 g/mol. The van der Waals surface area contributed by atoms with Crippen LogP contribution in [0.25, 0.3) is 0 Å². The summed E-state index contributed by atoms with van der Waals surface area (Å²) in [6.07, 6.45) is -2.45. The number of carbonyl (C=O) groups is 3. The van der Waals surface area contributed by atoms with E-state index < -0.39 is 30.1 Å². The largest absolute Gasteiger partial charge is 0.517 e. The van der Waals surface area contributed by atoms with Crippen LogP contribution in [0.4, 0.5) is 4.79 Å². The molecule has 1 aliphatic rings. The number of carbonyl (C=O) groups excluding carboxylic acids is 2. The Morgan fingerprint density at radius 1 is 1.58 bits per heavy atom. The lowest BCUT2D eigenvalue weighted by Gasteiger charge is -2.07. The molecule has 0 aromatic rings. The summed E-state index contributed by atoms with van der Waals surface area (Å²) in [6.45, 7) is 1.26. The topological polar surface area (TPSA) is 89.9 Å². The average Bonchev–Trinajstić information content (AvgIpc) is 2.28. The maximum absolute atomic E-state index is 10.7. The molecule has 6 heteroatoms. The molecule has 6 nitrogen and oxygen atoms in total. The molecular weight excluding hydrogens is 168 g/mol. The quantitative estimate of drug-likeness (QED) is 0.459. The predicted molar refractivity (Wildman–Crippen MR) is 33.2 cm³/mol. The van der Waals surface area contributed by atoms with E-state index in [1.807, 2.05) is 0 Å². The normalized spacial score (nSPS) is 24.6. The SMILES string of the molecule is CC(C(=O)O)C1OC(=O)OC1=O. The van der Waals surface area contributed by atoms with Gasteiger partial charge in [-0.25, -0.2) is 9.59 Å². The summed E-state index contributed by atoms with van der Waals surface area (Å²) in [7, 11) is 0. The van der Waals surface area contributed by atoms with Crippen LogP contribution in [0, 0.1) is 5.92 Å². The van der Waals surface area contributed by atoms with Crippen molar-refractivity contribution in [1.82, 2.24) is 0 Å². The number of carboxylic acid groups (broad SMARTS) is 1. The van der Waals surface area contributed by atoms with Crippen LogP contribution in [0.5, 0.6) is 0 Å². The highest BCUT2D eigenvalue weighted by molar-refractivity contribution is 5.93. The van der Waals surface area contributed by atoms with Crippen LogP contribution in [0.15, 0.2) is 0 Å². The van der Waals surface area contributed by atoms with Crippen molar-refractivity contribution in [3.8, 4) is 0 Å². The van der Waals surface area contributed by atoms with Crippen LogP contribution in [0.3, 0.4) is 0 Å². The van der Waals surface area contributed by atoms with Gasteiger partial charge in [0.2, 0.25) is 6.10 Å². The summed E-state index contributed by atoms with van der Waals surface area (Å²) in [5.41, 5.74) is 0. The summed E-state index contributed by atoms with van der Waals surface area (Å²) in [4.78, 5) is 31.4. The molecule has 2 atom stereocenters. The van der Waals surface area contributed by atoms with Crippen molar-refractivity contribution in [3.05, 3.63) is 0 Å². The van der Waals surface area contributed by atoms with E-state index in [1.54, 1.807) is 0 Å². The Kier molecular flexibility index (Phi) is 1.99. The number of aliphatic carboxylic acids is 1. The standard InChI is InChI=1S/C6H6O6/c1-2(4(7)8)3-5(9)12-6(10)11-3/h2-3H,1H3,(H,7,8). The van der Waals surface area contributed by atoms with Crippen molar-refractivity contribution in [1.29, 1.82) is 0 Å². The highest BCUT2D eigenvalue weighted by Gasteiger charge is 2.42. The number of rotatable bonds is 2. The van der Waals surface area contributed by atoms with Crippen LogP contribution in [0.1, 0.15) is 6.92 Å². The molecule has 0 radical (unpaired) electrons. The summed E-state index contributed by atoms with van der Waals surface area (Å²) in [5.74, 6) is -3.24. The van der Waals surface area contributed by atoms with Crippen molar-refractivity contribution in [3.63, 3.8) is 0 Å². The van der Waals surface area contributed by atoms with Gasteiger partial charge in [0.15, 0.2) is 0 Å². The van der Waals surface area contributed by atoms with Gasteiger partial charge in [-0.15, -0.1) is 0 Å². The number of ether oxygens (including phenoxy) is 2. The Bertz CT molecular complexity index is 244. The molecule has 0 bridgehead atoms. The molecule has 1 saturated heterocycles. The summed E-state index contributed by atoms with van der Waals surface area (Å²) in [6, 6.07) is 0. The molecule has 0 aliphatic carbocycles. The van der Waals surface area contributed by atoms with Crippen molar-refractivity contribution in [2.45, 2.75) is 13.0 Å². The lowest BCUT2D eigenvalue weighted by molar-refractivity contribution is -0.150. The highest BCUT2D eigenvalue weighted by Crippen LogP contribution is 2.16. The molecule has 2 unspecified atom stereocenters. The van der Waals surface area contributed by atoms with Gasteiger partial charge in [0, 0.05) is 0 Å². The zero-order valence-corrected chi connectivity index (χ0v) is 6.14. The maximum Gasteiger partial charge on any atom is 0.517 e. The smallest absolute Gasteiger partial charge is 0.481 e. The minimum atomic E-state index is -1.31. The van der Waals surface area contributed by atoms with E-state index in [0.29, 0.717) is 0 Å². The minimum absolute atomic E-state index is 0.949. The van der Waals surface area contributed by atoms with Gasteiger partial charge in [-0.1, -0.05) is 0 Å². The molecule has 0 amide bonds. The number of hydrogen-bond donors (Lipinski definition) is 1. The molecule has 1 aliphatic heterocycles. The predicted octanol–water partition coefficient (Wildman–Crippen LogP) is -0.231. The van der Waals surface area contributed by atoms with Crippen molar-refractivity contribution < 1.29 is 29.0 Å². The van der Waals surface area contributed by atoms with Gasteiger partial charge in [-0.3, -0.25) is 4.79 Å². The molecule has 1 fully saturated rings. The Morgan fingerprint density at radius 3 is 2.50 bits per heavy atom. The van der Waals surface area contributed by atoms with Gasteiger partial charge in [0.1, 0.15) is 5.92 Å². The molecular formula is C6H6O6. The zero-order valence-electron chi connectivity index (χ0n) is 6.14. The molecule has 0 spiro atoms. The van der Waals surface area contributed by atoms with E-state index in [4.69, 9.17) is 5.11 Å². The van der Waals surface area contributed by atoms with Gasteiger partial charge in [-0.05, 0) is 6.92 Å². The molecule has 1 heterocycles. The van der Waals surface area contributed by atoms with Gasteiger partial charge in [0.05, 0.1) is 0 Å². The van der Waals surface area contributed by atoms with Crippen molar-refractivity contribution in [2.75, 3.05) is 0 Å². The molecule has 66 valence electrons. The highest BCUT2D eigenvalue weighted by atomic mass is 16.8. The Morgan fingerprint density at radius 2 is 2.17 bits per heavy atom. The number of esters is 1. The van der Waals surface area contributed by atoms with Crippen LogP contribution < -0.4 is 0 Å². The fraction of sp³-hybridized carbons (Fsp3) is 0.500. The second kappa shape index (κ2) is 2.80. The van der Waals surface area contributed by atoms with E-state index >= 15 is 0 Å². The first-order chi connectivity index (χ1) is 5.52. The second-order valence-electron chi connectivity index (χ2n) is 2.34. The number of cyclic esters (lactones) is 3. The van der Waals surface area contributed by atoms with E-state index in [2.05, 4.69) is 9.47 Å². The molecule has 12 heavy (non-hydrogen) atoms. The third-order valence-corrected chi connectivity index (χ3v) is 1.48. The summed E-state index contributed by atoms with van der Waals surface area (Å²) >= 11 is 0. The Balaban J connectivity index is 2.70. The van der Waals surface area contributed by atoms with Crippen LogP contribution in [-0.4, -0.2) is 29.3 Å². The van der Waals surface area contributed by atoms with Crippen LogP contribution in [0.2, 0.25) is 0 Å². The van der Waals surface area contributed by atoms with Gasteiger partial charge in [-0.2, -0.15) is 0 Å². The second-order valence-corrected chi connectivity index (χ2v) is 2.34. The number of carboxylic acids is 1. The van der Waals surface area contributed by atoms with E-state index in [9.17, 15) is 14.4 Å². The molecule has 1 N–H and O–H groups in total. The van der Waals surface area contributed by atoms with Gasteiger partial charge >= 0.3 is 18.1 Å². The molecule has 0 saturated carbocycles. The fourth-order valence-electron chi connectivity index (χ4n) is 0.752. The summed E-state index contributed by atoms with van der Waals surface area (Å²) < 4.78 is 8.29.